The molecule has 0 unspecified atom stereocenters. The first kappa shape index (κ1) is 12.7. The van der Waals surface area contributed by atoms with Gasteiger partial charge in [0.05, 0.1) is 11.6 Å². The van der Waals surface area contributed by atoms with Crippen molar-refractivity contribution in [2.45, 2.75) is 4.90 Å². The molecule has 102 valence electrons. The molecular weight excluding hydrogens is 274 g/mol. The lowest BCUT2D eigenvalue weighted by atomic mass is 10.3. The quantitative estimate of drug-likeness (QED) is 0.331. The van der Waals surface area contributed by atoms with Crippen molar-refractivity contribution in [1.29, 1.82) is 0 Å². The van der Waals surface area contributed by atoms with Gasteiger partial charge in [-0.05, 0) is 30.5 Å². The van der Waals surface area contributed by atoms with Crippen LogP contribution in [0, 0.1) is 0 Å². The van der Waals surface area contributed by atoms with Crippen molar-refractivity contribution in [2.75, 3.05) is 17.0 Å². The molecule has 1 aromatic carbocycles. The van der Waals surface area contributed by atoms with Crippen LogP contribution in [0.25, 0.3) is 11.0 Å². The van der Waals surface area contributed by atoms with Crippen molar-refractivity contribution in [1.82, 2.24) is 20.2 Å². The summed E-state index contributed by atoms with van der Waals surface area (Å²) in [6.45, 7) is 0. The van der Waals surface area contributed by atoms with Crippen LogP contribution in [-0.2, 0) is 0 Å². The Morgan fingerprint density at radius 3 is 2.70 bits per heavy atom. The zero-order valence-corrected chi connectivity index (χ0v) is 11.5. The third-order valence-corrected chi connectivity index (χ3v) is 3.54. The van der Waals surface area contributed by atoms with Crippen molar-refractivity contribution in [3.8, 4) is 0 Å². The maximum atomic E-state index is 5.37. The van der Waals surface area contributed by atoms with E-state index in [9.17, 15) is 0 Å². The summed E-state index contributed by atoms with van der Waals surface area (Å²) in [5, 5.41) is 10.8. The molecule has 0 saturated heterocycles. The van der Waals surface area contributed by atoms with Crippen molar-refractivity contribution >= 4 is 40.2 Å². The first-order valence-corrected chi connectivity index (χ1v) is 7.11. The summed E-state index contributed by atoms with van der Waals surface area (Å²) < 4.78 is 0. The lowest BCUT2D eigenvalue weighted by molar-refractivity contribution is 1.08. The number of nitrogens with zero attached hydrogens (tertiary/aromatic N) is 3. The van der Waals surface area contributed by atoms with Crippen LogP contribution < -0.4 is 16.6 Å². The molecule has 3 rings (SSSR count). The third kappa shape index (κ3) is 2.38. The molecule has 0 spiro atoms. The maximum Gasteiger partial charge on any atom is 0.241 e. The minimum atomic E-state index is 0.324. The predicted molar refractivity (Wildman–Crippen MR) is 81.0 cm³/mol. The number of nitrogen functional groups attached to an aromatic ring is 1. The van der Waals surface area contributed by atoms with E-state index >= 15 is 0 Å². The monoisotopic (exact) mass is 287 g/mol. The van der Waals surface area contributed by atoms with E-state index in [1.807, 2.05) is 30.5 Å². The molecule has 2 aromatic heterocycles. The zero-order valence-electron chi connectivity index (χ0n) is 10.7. The number of nitrogens with one attached hydrogen (secondary N) is 3. The second-order valence-electron chi connectivity index (χ2n) is 4.03. The minimum Gasteiger partial charge on any atom is -0.339 e. The Hall–Kier alpha value is -2.32. The highest BCUT2D eigenvalue weighted by Crippen LogP contribution is 2.25. The molecule has 3 aromatic rings. The molecule has 0 radical (unpaired) electrons. The lowest BCUT2D eigenvalue weighted by Gasteiger charge is -2.08. The Kier molecular flexibility index (Phi) is 3.40. The number of aromatic nitrogens is 4. The topological polar surface area (TPSA) is 105 Å². The van der Waals surface area contributed by atoms with Crippen LogP contribution in [0.5, 0.6) is 0 Å². The van der Waals surface area contributed by atoms with Crippen LogP contribution in [0.15, 0.2) is 35.4 Å². The number of benzene rings is 1. The largest absolute Gasteiger partial charge is 0.339 e. The summed E-state index contributed by atoms with van der Waals surface area (Å²) in [5.74, 6) is 6.34. The molecule has 0 aliphatic heterocycles. The first-order chi connectivity index (χ1) is 9.80. The Labute approximate surface area is 119 Å². The number of hydrogen-bond donors (Lipinski definition) is 4. The van der Waals surface area contributed by atoms with Gasteiger partial charge in [-0.25, -0.2) is 5.84 Å². The van der Waals surface area contributed by atoms with E-state index < -0.39 is 0 Å². The summed E-state index contributed by atoms with van der Waals surface area (Å²) in [5.41, 5.74) is 4.00. The molecular formula is C12H13N7S. The van der Waals surface area contributed by atoms with Gasteiger partial charge in [-0.2, -0.15) is 15.1 Å². The highest BCUT2D eigenvalue weighted by molar-refractivity contribution is 7.98. The fourth-order valence-corrected chi connectivity index (χ4v) is 2.21. The van der Waals surface area contributed by atoms with E-state index in [1.165, 1.54) is 4.90 Å². The summed E-state index contributed by atoms with van der Waals surface area (Å²) >= 11 is 1.70. The van der Waals surface area contributed by atoms with E-state index in [-0.39, 0.29) is 0 Å². The number of fused-ring (bicyclic) bond motifs is 1. The van der Waals surface area contributed by atoms with Crippen molar-refractivity contribution in [3.63, 3.8) is 0 Å². The van der Waals surface area contributed by atoms with Gasteiger partial charge < -0.3 is 5.32 Å². The van der Waals surface area contributed by atoms with Crippen molar-refractivity contribution in [3.05, 3.63) is 30.5 Å². The van der Waals surface area contributed by atoms with Crippen LogP contribution in [0.1, 0.15) is 0 Å². The van der Waals surface area contributed by atoms with E-state index in [0.29, 0.717) is 17.4 Å². The molecule has 7 nitrogen and oxygen atoms in total. The average Bonchev–Trinajstić information content (AvgIpc) is 2.96. The highest BCUT2D eigenvalue weighted by Gasteiger charge is 2.09. The van der Waals surface area contributed by atoms with Gasteiger partial charge in [0.1, 0.15) is 5.82 Å². The van der Waals surface area contributed by atoms with E-state index in [2.05, 4.69) is 30.9 Å². The summed E-state index contributed by atoms with van der Waals surface area (Å²) in [7, 11) is 0. The Balaban J connectivity index is 1.98. The number of hydrazine groups is 1. The first-order valence-electron chi connectivity index (χ1n) is 5.89. The normalized spacial score (nSPS) is 10.7. The third-order valence-electron chi connectivity index (χ3n) is 2.79. The molecule has 0 amide bonds. The number of thioether (sulfide) groups is 1. The molecule has 20 heavy (non-hydrogen) atoms. The molecule has 0 bridgehead atoms. The zero-order chi connectivity index (χ0) is 13.9. The smallest absolute Gasteiger partial charge is 0.241 e. The molecule has 5 N–H and O–H groups in total. The average molecular weight is 287 g/mol. The maximum absolute atomic E-state index is 5.37. The number of anilines is 3. The Morgan fingerprint density at radius 2 is 2.00 bits per heavy atom. The molecule has 0 atom stereocenters. The predicted octanol–water partition coefficient (Wildman–Crippen LogP) is 2.10. The van der Waals surface area contributed by atoms with Gasteiger partial charge in [0.25, 0.3) is 0 Å². The van der Waals surface area contributed by atoms with E-state index in [4.69, 9.17) is 5.84 Å². The summed E-state index contributed by atoms with van der Waals surface area (Å²) in [4.78, 5) is 9.69. The number of rotatable bonds is 4. The van der Waals surface area contributed by atoms with Crippen LogP contribution in [0.2, 0.25) is 0 Å². The van der Waals surface area contributed by atoms with E-state index in [0.717, 1.165) is 11.1 Å². The van der Waals surface area contributed by atoms with Gasteiger partial charge in [-0.3, -0.25) is 10.5 Å². The molecule has 2 heterocycles. The molecule has 8 heteroatoms. The molecule has 0 aliphatic rings. The number of H-pyrrole nitrogens is 1. The summed E-state index contributed by atoms with van der Waals surface area (Å²) in [6, 6.07) is 8.08. The van der Waals surface area contributed by atoms with Gasteiger partial charge in [0.2, 0.25) is 5.95 Å². The van der Waals surface area contributed by atoms with Gasteiger partial charge in [0.15, 0.2) is 5.65 Å². The van der Waals surface area contributed by atoms with Gasteiger partial charge in [-0.1, -0.05) is 0 Å². The second kappa shape index (κ2) is 5.35. The molecule has 0 fully saturated rings. The Morgan fingerprint density at radius 1 is 1.20 bits per heavy atom. The standard InChI is InChI=1S/C12H13N7S/c1-20-8-4-2-7(3-5-8)15-10-9-6-14-19-11(9)17-12(16-10)18-13/h2-6H,13H2,1H3,(H3,14,15,16,17,18,19). The van der Waals surface area contributed by atoms with Gasteiger partial charge >= 0.3 is 0 Å². The van der Waals surface area contributed by atoms with Gasteiger partial charge in [0, 0.05) is 10.6 Å². The highest BCUT2D eigenvalue weighted by atomic mass is 32.2. The Bertz CT molecular complexity index is 722. The number of hydrogen-bond acceptors (Lipinski definition) is 7. The van der Waals surface area contributed by atoms with Crippen molar-refractivity contribution in [2.24, 2.45) is 5.84 Å². The van der Waals surface area contributed by atoms with Crippen LogP contribution in [0.3, 0.4) is 0 Å². The molecule has 0 saturated carbocycles. The fourth-order valence-electron chi connectivity index (χ4n) is 1.81. The van der Waals surface area contributed by atoms with E-state index in [1.54, 1.807) is 18.0 Å². The van der Waals surface area contributed by atoms with Crippen LogP contribution >= 0.6 is 11.8 Å². The molecule has 0 aliphatic carbocycles. The second-order valence-corrected chi connectivity index (χ2v) is 4.91. The van der Waals surface area contributed by atoms with Crippen molar-refractivity contribution < 1.29 is 0 Å². The SMILES string of the molecule is CSc1ccc(Nc2nc(NN)nc3[nH]ncc23)cc1. The van der Waals surface area contributed by atoms with Crippen LogP contribution in [-0.4, -0.2) is 26.4 Å². The number of nitrogens with two attached hydrogens (primary N) is 1. The number of aromatic amines is 1. The lowest BCUT2D eigenvalue weighted by Crippen LogP contribution is -2.11. The summed E-state index contributed by atoms with van der Waals surface area (Å²) in [6.07, 6.45) is 3.72. The minimum absolute atomic E-state index is 0.324. The fraction of sp³-hybridized carbons (Fsp3) is 0.0833. The van der Waals surface area contributed by atoms with Gasteiger partial charge in [-0.15, -0.1) is 11.8 Å². The van der Waals surface area contributed by atoms with Crippen LogP contribution in [0.4, 0.5) is 17.5 Å².